The first-order chi connectivity index (χ1) is 13.2. The Bertz CT molecular complexity index is 1080. The molecule has 0 saturated heterocycles. The van der Waals surface area contributed by atoms with E-state index in [0.717, 1.165) is 11.1 Å². The van der Waals surface area contributed by atoms with Crippen LogP contribution in [0.4, 0.5) is 5.82 Å². The molecule has 1 unspecified atom stereocenters. The number of methoxy groups -OCH3 is 1. The molecule has 0 bridgehead atoms. The number of aromatic hydroxyl groups is 1. The molecule has 4 aromatic rings. The summed E-state index contributed by atoms with van der Waals surface area (Å²) < 4.78 is 6.95. The van der Waals surface area contributed by atoms with E-state index in [-0.39, 0.29) is 11.8 Å². The molecule has 0 aliphatic heterocycles. The highest BCUT2D eigenvalue weighted by atomic mass is 16.5. The summed E-state index contributed by atoms with van der Waals surface area (Å²) in [5.41, 5.74) is 2.33. The number of phenolic OH excluding ortho intramolecular Hbond substituents is 1. The number of hydrogen-bond donors (Lipinski definition) is 2. The van der Waals surface area contributed by atoms with Crippen LogP contribution in [0.15, 0.2) is 60.7 Å². The van der Waals surface area contributed by atoms with Gasteiger partial charge >= 0.3 is 0 Å². The number of hydrogen-bond acceptors (Lipinski definition) is 6. The van der Waals surface area contributed by atoms with Gasteiger partial charge in [-0.25, -0.2) is 0 Å². The molecule has 4 rings (SSSR count). The first kappa shape index (κ1) is 16.8. The van der Waals surface area contributed by atoms with Gasteiger partial charge in [-0.05, 0) is 37.3 Å². The minimum absolute atomic E-state index is 0.179. The molecule has 2 aromatic heterocycles. The third kappa shape index (κ3) is 3.27. The van der Waals surface area contributed by atoms with Gasteiger partial charge in [0.1, 0.15) is 17.3 Å². The van der Waals surface area contributed by atoms with E-state index < -0.39 is 0 Å². The number of ether oxygens (including phenoxy) is 1. The summed E-state index contributed by atoms with van der Waals surface area (Å²) in [6, 6.07) is 18.5. The van der Waals surface area contributed by atoms with Crippen LogP contribution in [0.3, 0.4) is 0 Å². The molecule has 7 nitrogen and oxygen atoms in total. The number of nitrogens with zero attached hydrogens (tertiary/aromatic N) is 4. The smallest absolute Gasteiger partial charge is 0.185 e. The second-order valence-electron chi connectivity index (χ2n) is 6.17. The molecular formula is C20H19N5O2. The van der Waals surface area contributed by atoms with E-state index in [9.17, 15) is 5.11 Å². The van der Waals surface area contributed by atoms with Crippen molar-refractivity contribution in [3.05, 3.63) is 66.2 Å². The highest BCUT2D eigenvalue weighted by Crippen LogP contribution is 2.30. The van der Waals surface area contributed by atoms with Crippen molar-refractivity contribution in [2.75, 3.05) is 12.4 Å². The monoisotopic (exact) mass is 361 g/mol. The van der Waals surface area contributed by atoms with Gasteiger partial charge in [-0.3, -0.25) is 0 Å². The van der Waals surface area contributed by atoms with Gasteiger partial charge in [-0.1, -0.05) is 30.3 Å². The van der Waals surface area contributed by atoms with Gasteiger partial charge < -0.3 is 15.2 Å². The van der Waals surface area contributed by atoms with Gasteiger partial charge in [0.05, 0.1) is 13.2 Å². The molecule has 0 aliphatic rings. The predicted octanol–water partition coefficient (Wildman–Crippen LogP) is 3.68. The Labute approximate surface area is 156 Å². The van der Waals surface area contributed by atoms with E-state index in [1.54, 1.807) is 29.8 Å². The molecule has 136 valence electrons. The molecule has 0 aliphatic carbocycles. The molecule has 0 spiro atoms. The number of anilines is 1. The molecule has 0 amide bonds. The Morgan fingerprint density at radius 2 is 1.85 bits per heavy atom. The molecule has 2 N–H and O–H groups in total. The van der Waals surface area contributed by atoms with Gasteiger partial charge in [0.15, 0.2) is 11.5 Å². The number of rotatable bonds is 5. The van der Waals surface area contributed by atoms with Gasteiger partial charge in [-0.15, -0.1) is 15.3 Å². The third-order valence-electron chi connectivity index (χ3n) is 4.36. The van der Waals surface area contributed by atoms with Crippen molar-refractivity contribution in [3.8, 4) is 22.9 Å². The first-order valence-corrected chi connectivity index (χ1v) is 8.57. The van der Waals surface area contributed by atoms with Crippen molar-refractivity contribution in [2.24, 2.45) is 0 Å². The molecule has 1 atom stereocenters. The maximum Gasteiger partial charge on any atom is 0.185 e. The molecule has 27 heavy (non-hydrogen) atoms. The van der Waals surface area contributed by atoms with Crippen molar-refractivity contribution < 1.29 is 9.84 Å². The summed E-state index contributed by atoms with van der Waals surface area (Å²) in [6.45, 7) is 1.95. The van der Waals surface area contributed by atoms with Gasteiger partial charge in [0.2, 0.25) is 0 Å². The summed E-state index contributed by atoms with van der Waals surface area (Å²) in [6.07, 6.45) is 0. The van der Waals surface area contributed by atoms with Crippen LogP contribution >= 0.6 is 0 Å². The minimum atomic E-state index is -0.179. The fourth-order valence-corrected chi connectivity index (χ4v) is 2.94. The van der Waals surface area contributed by atoms with Gasteiger partial charge in [0.25, 0.3) is 0 Å². The van der Waals surface area contributed by atoms with Crippen molar-refractivity contribution >= 4 is 11.5 Å². The van der Waals surface area contributed by atoms with E-state index in [1.807, 2.05) is 49.4 Å². The molecule has 0 fully saturated rings. The van der Waals surface area contributed by atoms with Crippen molar-refractivity contribution in [3.63, 3.8) is 0 Å². The predicted molar refractivity (Wildman–Crippen MR) is 103 cm³/mol. The third-order valence-corrected chi connectivity index (χ3v) is 4.36. The van der Waals surface area contributed by atoms with Crippen LogP contribution in [-0.4, -0.2) is 32.0 Å². The zero-order valence-corrected chi connectivity index (χ0v) is 15.0. The van der Waals surface area contributed by atoms with Gasteiger partial charge in [-0.2, -0.15) is 4.52 Å². The highest BCUT2D eigenvalue weighted by Gasteiger charge is 2.14. The molecule has 2 heterocycles. The van der Waals surface area contributed by atoms with Gasteiger partial charge in [0, 0.05) is 11.1 Å². The lowest BCUT2D eigenvalue weighted by molar-refractivity contribution is 0.410. The summed E-state index contributed by atoms with van der Waals surface area (Å²) in [5, 5.41) is 26.5. The lowest BCUT2D eigenvalue weighted by atomic mass is 10.1. The molecule has 0 radical (unpaired) electrons. The average molecular weight is 361 g/mol. The summed E-state index contributed by atoms with van der Waals surface area (Å²) in [7, 11) is 1.60. The summed E-state index contributed by atoms with van der Waals surface area (Å²) in [4.78, 5) is 0. The number of benzene rings is 2. The SMILES string of the molecule is COc1ccc(O)c(C(C)Nc2ccc3nnc(-c4ccccc4)n3n2)c1. The van der Waals surface area contributed by atoms with Crippen LogP contribution in [0.25, 0.3) is 17.0 Å². The van der Waals surface area contributed by atoms with E-state index >= 15 is 0 Å². The zero-order chi connectivity index (χ0) is 18.8. The van der Waals surface area contributed by atoms with Crippen LogP contribution in [0.5, 0.6) is 11.5 Å². The summed E-state index contributed by atoms with van der Waals surface area (Å²) in [5.74, 6) is 2.21. The lowest BCUT2D eigenvalue weighted by Gasteiger charge is -2.17. The lowest BCUT2D eigenvalue weighted by Crippen LogP contribution is -2.10. The molecule has 2 aromatic carbocycles. The number of aromatic nitrogens is 4. The molecule has 0 saturated carbocycles. The van der Waals surface area contributed by atoms with Crippen LogP contribution in [0.1, 0.15) is 18.5 Å². The van der Waals surface area contributed by atoms with E-state index in [1.165, 1.54) is 0 Å². The normalized spacial score (nSPS) is 12.1. The summed E-state index contributed by atoms with van der Waals surface area (Å²) >= 11 is 0. The number of phenols is 1. The topological polar surface area (TPSA) is 84.6 Å². The van der Waals surface area contributed by atoms with E-state index in [0.29, 0.717) is 23.0 Å². The van der Waals surface area contributed by atoms with Crippen LogP contribution < -0.4 is 10.1 Å². The Kier molecular flexibility index (Phi) is 4.33. The zero-order valence-electron chi connectivity index (χ0n) is 15.0. The largest absolute Gasteiger partial charge is 0.508 e. The van der Waals surface area contributed by atoms with Crippen LogP contribution in [0.2, 0.25) is 0 Å². The Balaban J connectivity index is 1.67. The van der Waals surface area contributed by atoms with Crippen LogP contribution in [-0.2, 0) is 0 Å². The Morgan fingerprint density at radius 3 is 2.63 bits per heavy atom. The molecule has 7 heteroatoms. The number of fused-ring (bicyclic) bond motifs is 1. The molecular weight excluding hydrogens is 342 g/mol. The van der Waals surface area contributed by atoms with E-state index in [4.69, 9.17) is 4.74 Å². The quantitative estimate of drug-likeness (QED) is 0.564. The second kappa shape index (κ2) is 6.95. The minimum Gasteiger partial charge on any atom is -0.508 e. The highest BCUT2D eigenvalue weighted by molar-refractivity contribution is 5.59. The first-order valence-electron chi connectivity index (χ1n) is 8.57. The Hall–Kier alpha value is -3.61. The standard InChI is InChI=1S/C20H19N5O2/c1-13(16-12-15(27-2)8-9-17(16)26)21-18-10-11-19-22-23-20(25(19)24-18)14-6-4-3-5-7-14/h3-13,26H,1-2H3,(H,21,24). The fourth-order valence-electron chi connectivity index (χ4n) is 2.94. The van der Waals surface area contributed by atoms with E-state index in [2.05, 4.69) is 20.6 Å². The maximum atomic E-state index is 10.2. The number of nitrogens with one attached hydrogen (secondary N) is 1. The second-order valence-corrected chi connectivity index (χ2v) is 6.17. The van der Waals surface area contributed by atoms with Crippen molar-refractivity contribution in [1.29, 1.82) is 0 Å². The Morgan fingerprint density at radius 1 is 1.04 bits per heavy atom. The average Bonchev–Trinajstić information content (AvgIpc) is 3.12. The maximum absolute atomic E-state index is 10.2. The fraction of sp³-hybridized carbons (Fsp3) is 0.150. The van der Waals surface area contributed by atoms with Crippen molar-refractivity contribution in [1.82, 2.24) is 19.8 Å². The van der Waals surface area contributed by atoms with Crippen LogP contribution in [0, 0.1) is 0 Å². The van der Waals surface area contributed by atoms with Crippen molar-refractivity contribution in [2.45, 2.75) is 13.0 Å².